The molecule has 0 bridgehead atoms. The number of likely N-dealkylation sites (tertiary alicyclic amines) is 1. The zero-order valence-electron chi connectivity index (χ0n) is 14.8. The summed E-state index contributed by atoms with van der Waals surface area (Å²) in [6.45, 7) is 2.41. The molecule has 2 heterocycles. The second kappa shape index (κ2) is 8.47. The Morgan fingerprint density at radius 2 is 2.04 bits per heavy atom. The number of aliphatic hydroxyl groups is 1. The van der Waals surface area contributed by atoms with Crippen LogP contribution < -0.4 is 10.1 Å². The Morgan fingerprint density at radius 1 is 1.27 bits per heavy atom. The maximum absolute atomic E-state index is 13.6. The average molecular weight is 360 g/mol. The van der Waals surface area contributed by atoms with Crippen LogP contribution in [0.15, 0.2) is 48.2 Å². The summed E-state index contributed by atoms with van der Waals surface area (Å²) in [4.78, 5) is 13.8. The number of allylic oxidation sites excluding steroid dienone is 2. The van der Waals surface area contributed by atoms with Crippen molar-refractivity contribution < 1.29 is 19.0 Å². The lowest BCUT2D eigenvalue weighted by Gasteiger charge is -2.38. The number of benzene rings is 1. The van der Waals surface area contributed by atoms with Crippen molar-refractivity contribution in [2.45, 2.75) is 31.3 Å². The molecule has 5 nitrogen and oxygen atoms in total. The number of ether oxygens (including phenoxy) is 1. The summed E-state index contributed by atoms with van der Waals surface area (Å²) in [5.41, 5.74) is 0.0159. The van der Waals surface area contributed by atoms with E-state index in [2.05, 4.69) is 10.2 Å². The molecule has 3 rings (SSSR count). The zero-order valence-corrected chi connectivity index (χ0v) is 14.8. The van der Waals surface area contributed by atoms with Gasteiger partial charge in [0.2, 0.25) is 5.91 Å². The van der Waals surface area contributed by atoms with E-state index in [0.29, 0.717) is 12.8 Å². The molecule has 0 aromatic heterocycles. The van der Waals surface area contributed by atoms with Crippen molar-refractivity contribution in [3.63, 3.8) is 0 Å². The maximum atomic E-state index is 13.6. The summed E-state index contributed by atoms with van der Waals surface area (Å²) in [6.07, 6.45) is 8.13. The van der Waals surface area contributed by atoms with Crippen molar-refractivity contribution in [1.82, 2.24) is 10.2 Å². The van der Waals surface area contributed by atoms with Crippen LogP contribution in [0.5, 0.6) is 5.75 Å². The first-order chi connectivity index (χ1) is 12.5. The van der Waals surface area contributed by atoms with Gasteiger partial charge in [0.25, 0.3) is 0 Å². The Labute approximate surface area is 153 Å². The first-order valence-corrected chi connectivity index (χ1v) is 9.03. The van der Waals surface area contributed by atoms with Gasteiger partial charge in [-0.3, -0.25) is 4.79 Å². The van der Waals surface area contributed by atoms with Crippen LogP contribution >= 0.6 is 0 Å². The quantitative estimate of drug-likeness (QED) is 0.818. The third-order valence-electron chi connectivity index (χ3n) is 4.87. The molecular weight excluding hydrogens is 335 g/mol. The number of para-hydroxylation sites is 1. The van der Waals surface area contributed by atoms with Crippen LogP contribution in [0, 0.1) is 5.82 Å². The van der Waals surface area contributed by atoms with Gasteiger partial charge in [-0.25, -0.2) is 4.39 Å². The van der Waals surface area contributed by atoms with Gasteiger partial charge < -0.3 is 20.1 Å². The number of piperidine rings is 1. The molecule has 0 atom stereocenters. The highest BCUT2D eigenvalue weighted by Gasteiger charge is 2.33. The fourth-order valence-corrected chi connectivity index (χ4v) is 3.19. The Morgan fingerprint density at radius 3 is 2.81 bits per heavy atom. The fourth-order valence-electron chi connectivity index (χ4n) is 3.19. The van der Waals surface area contributed by atoms with Crippen LogP contribution in [0.2, 0.25) is 0 Å². The van der Waals surface area contributed by atoms with Crippen molar-refractivity contribution in [2.24, 2.45) is 0 Å². The van der Waals surface area contributed by atoms with Gasteiger partial charge in [-0.2, -0.15) is 0 Å². The van der Waals surface area contributed by atoms with E-state index in [1.807, 2.05) is 12.2 Å². The number of halogens is 1. The van der Waals surface area contributed by atoms with Crippen molar-refractivity contribution >= 4 is 5.91 Å². The van der Waals surface area contributed by atoms with Gasteiger partial charge >= 0.3 is 0 Å². The first kappa shape index (κ1) is 18.6. The molecule has 26 heavy (non-hydrogen) atoms. The minimum atomic E-state index is -0.932. The number of nitrogens with one attached hydrogen (secondary N) is 1. The van der Waals surface area contributed by atoms with E-state index in [0.717, 1.165) is 38.2 Å². The highest BCUT2D eigenvalue weighted by molar-refractivity contribution is 5.89. The molecule has 1 aromatic carbocycles. The second-order valence-electron chi connectivity index (χ2n) is 6.89. The number of carbonyl (C=O) groups excluding carboxylic acids is 1. The lowest BCUT2D eigenvalue weighted by Crippen LogP contribution is -2.48. The summed E-state index contributed by atoms with van der Waals surface area (Å²) in [5.74, 6) is -0.318. The van der Waals surface area contributed by atoms with E-state index in [9.17, 15) is 14.3 Å². The van der Waals surface area contributed by atoms with Crippen LogP contribution in [0.4, 0.5) is 4.39 Å². The van der Waals surface area contributed by atoms with E-state index in [4.69, 9.17) is 4.74 Å². The molecule has 1 saturated heterocycles. The van der Waals surface area contributed by atoms with Gasteiger partial charge in [-0.1, -0.05) is 24.3 Å². The molecule has 0 radical (unpaired) electrons. The minimum absolute atomic E-state index is 0.0768. The third kappa shape index (κ3) is 5.16. The van der Waals surface area contributed by atoms with E-state index in [1.165, 1.54) is 6.07 Å². The van der Waals surface area contributed by atoms with Crippen molar-refractivity contribution in [1.29, 1.82) is 0 Å². The standard InChI is InChI=1S/C20H25FN2O3/c21-17-6-2-3-7-18(17)26-15-20(25)10-13-23(14-11-20)12-9-16-5-1-4-8-19(24)22-16/h2-8,25H,1,9-15H2,(H,22,24). The summed E-state index contributed by atoms with van der Waals surface area (Å²) >= 11 is 0. The Kier molecular flexibility index (Phi) is 6.06. The molecule has 1 aromatic rings. The van der Waals surface area contributed by atoms with Gasteiger partial charge in [0.1, 0.15) is 12.2 Å². The van der Waals surface area contributed by atoms with Gasteiger partial charge in [-0.05, 0) is 43.9 Å². The molecular formula is C20H25FN2O3. The van der Waals surface area contributed by atoms with Crippen LogP contribution in [0.1, 0.15) is 25.7 Å². The third-order valence-corrected chi connectivity index (χ3v) is 4.87. The number of hydrogen-bond donors (Lipinski definition) is 2. The Balaban J connectivity index is 1.42. The number of amides is 1. The molecule has 2 aliphatic rings. The Bertz CT molecular complexity index is 694. The van der Waals surface area contributed by atoms with Crippen LogP contribution in [0.25, 0.3) is 0 Å². The molecule has 0 spiro atoms. The monoisotopic (exact) mass is 360 g/mol. The van der Waals surface area contributed by atoms with Gasteiger partial charge in [-0.15, -0.1) is 0 Å². The predicted molar refractivity (Wildman–Crippen MR) is 97.1 cm³/mol. The SMILES string of the molecule is O=C1C=CCC=C(CCN2CCC(O)(COc3ccccc3F)CC2)N1. The van der Waals surface area contributed by atoms with Crippen LogP contribution in [-0.2, 0) is 4.79 Å². The van der Waals surface area contributed by atoms with Crippen molar-refractivity contribution in [2.75, 3.05) is 26.2 Å². The molecule has 1 amide bonds. The zero-order chi connectivity index (χ0) is 18.4. The lowest BCUT2D eigenvalue weighted by molar-refractivity contribution is -0.115. The highest BCUT2D eigenvalue weighted by Crippen LogP contribution is 2.25. The topological polar surface area (TPSA) is 61.8 Å². The molecule has 0 aliphatic carbocycles. The first-order valence-electron chi connectivity index (χ1n) is 9.03. The molecule has 1 fully saturated rings. The smallest absolute Gasteiger partial charge is 0.247 e. The van der Waals surface area contributed by atoms with E-state index >= 15 is 0 Å². The van der Waals surface area contributed by atoms with Crippen LogP contribution in [0.3, 0.4) is 0 Å². The summed E-state index contributed by atoms with van der Waals surface area (Å²) < 4.78 is 19.1. The van der Waals surface area contributed by atoms with Gasteiger partial charge in [0, 0.05) is 25.3 Å². The van der Waals surface area contributed by atoms with Gasteiger partial charge in [0.15, 0.2) is 11.6 Å². The summed E-state index contributed by atoms with van der Waals surface area (Å²) in [6, 6.07) is 6.23. The summed E-state index contributed by atoms with van der Waals surface area (Å²) in [7, 11) is 0. The number of nitrogens with zero attached hydrogens (tertiary/aromatic N) is 1. The second-order valence-corrected chi connectivity index (χ2v) is 6.89. The molecule has 0 saturated carbocycles. The largest absolute Gasteiger partial charge is 0.488 e. The van der Waals surface area contributed by atoms with E-state index in [1.54, 1.807) is 24.3 Å². The predicted octanol–water partition coefficient (Wildman–Crippen LogP) is 2.38. The molecule has 6 heteroatoms. The lowest BCUT2D eigenvalue weighted by atomic mass is 9.92. The Hall–Kier alpha value is -2.18. The molecule has 0 unspecified atom stereocenters. The average Bonchev–Trinajstić information content (AvgIpc) is 2.85. The molecule has 2 N–H and O–H groups in total. The van der Waals surface area contributed by atoms with E-state index in [-0.39, 0.29) is 18.3 Å². The van der Waals surface area contributed by atoms with E-state index < -0.39 is 11.4 Å². The minimum Gasteiger partial charge on any atom is -0.488 e. The molecule has 140 valence electrons. The number of hydrogen-bond acceptors (Lipinski definition) is 4. The van der Waals surface area contributed by atoms with Gasteiger partial charge in [0.05, 0.1) is 0 Å². The van der Waals surface area contributed by atoms with Crippen molar-refractivity contribution in [3.8, 4) is 5.75 Å². The fraction of sp³-hybridized carbons (Fsp3) is 0.450. The highest BCUT2D eigenvalue weighted by atomic mass is 19.1. The summed E-state index contributed by atoms with van der Waals surface area (Å²) in [5, 5.41) is 13.6. The van der Waals surface area contributed by atoms with Crippen LogP contribution in [-0.4, -0.2) is 47.8 Å². The number of rotatable bonds is 6. The normalized spacial score (nSPS) is 20.2. The molecule has 2 aliphatic heterocycles. The van der Waals surface area contributed by atoms with Crippen molar-refractivity contribution in [3.05, 3.63) is 54.0 Å². The number of carbonyl (C=O) groups is 1. The maximum Gasteiger partial charge on any atom is 0.247 e.